The first kappa shape index (κ1) is 19.9. The quantitative estimate of drug-likeness (QED) is 0.787. The van der Waals surface area contributed by atoms with Crippen molar-refractivity contribution in [1.29, 1.82) is 0 Å². The maximum atomic E-state index is 13.6. The Morgan fingerprint density at radius 3 is 2.57 bits per heavy atom. The van der Waals surface area contributed by atoms with Crippen LogP contribution in [0.1, 0.15) is 56.8 Å². The summed E-state index contributed by atoms with van der Waals surface area (Å²) >= 11 is 0. The minimum Gasteiger partial charge on any atom is -0.362 e. The van der Waals surface area contributed by atoms with Crippen molar-refractivity contribution in [2.24, 2.45) is 17.3 Å². The summed E-state index contributed by atoms with van der Waals surface area (Å²) in [5, 5.41) is 7.01. The standard InChI is InChI=1S/C24H34N4O2/c1-16(2)27-10-12-28(13-11-27)22(30)19-14-17-8-9-23(19,3)15-24(17)25-20-7-5-4-6-18(20)21(29)26-24/h4-7,16-17,19,25H,8-15H2,1-3H3,(H,26,29)/t17?,19?,23?,24-/m0/s1. The second kappa shape index (κ2) is 6.98. The van der Waals surface area contributed by atoms with Gasteiger partial charge in [-0.2, -0.15) is 0 Å². The second-order valence-electron chi connectivity index (χ2n) is 10.4. The van der Waals surface area contributed by atoms with Crippen molar-refractivity contribution in [3.63, 3.8) is 0 Å². The molecule has 1 spiro atoms. The van der Waals surface area contributed by atoms with E-state index < -0.39 is 5.66 Å². The van der Waals surface area contributed by atoms with E-state index in [0.717, 1.165) is 57.5 Å². The van der Waals surface area contributed by atoms with E-state index in [1.54, 1.807) is 0 Å². The highest BCUT2D eigenvalue weighted by Crippen LogP contribution is 2.58. The van der Waals surface area contributed by atoms with Crippen molar-refractivity contribution in [1.82, 2.24) is 15.1 Å². The number of nitrogens with zero attached hydrogens (tertiary/aromatic N) is 2. The van der Waals surface area contributed by atoms with E-state index in [9.17, 15) is 9.59 Å². The largest absolute Gasteiger partial charge is 0.362 e. The summed E-state index contributed by atoms with van der Waals surface area (Å²) in [5.41, 5.74) is 1.12. The number of fused-ring (bicyclic) bond motifs is 3. The molecule has 3 unspecified atom stereocenters. The number of anilines is 1. The number of rotatable bonds is 2. The van der Waals surface area contributed by atoms with Gasteiger partial charge in [0.15, 0.2) is 0 Å². The molecule has 1 saturated heterocycles. The van der Waals surface area contributed by atoms with Crippen LogP contribution in [-0.4, -0.2) is 59.5 Å². The lowest BCUT2D eigenvalue weighted by Crippen LogP contribution is -2.70. The Bertz CT molecular complexity index is 863. The third-order valence-corrected chi connectivity index (χ3v) is 8.33. The summed E-state index contributed by atoms with van der Waals surface area (Å²) in [7, 11) is 0. The molecule has 0 aromatic heterocycles. The minimum absolute atomic E-state index is 0.00758. The lowest BCUT2D eigenvalue weighted by Gasteiger charge is -2.61. The van der Waals surface area contributed by atoms with Crippen LogP contribution < -0.4 is 10.6 Å². The Balaban J connectivity index is 1.35. The lowest BCUT2D eigenvalue weighted by molar-refractivity contribution is -0.152. The third kappa shape index (κ3) is 3.03. The molecule has 4 atom stereocenters. The van der Waals surface area contributed by atoms with Crippen LogP contribution in [0.5, 0.6) is 0 Å². The van der Waals surface area contributed by atoms with Gasteiger partial charge in [-0.15, -0.1) is 0 Å². The van der Waals surface area contributed by atoms with Gasteiger partial charge in [-0.3, -0.25) is 14.5 Å². The average molecular weight is 411 g/mol. The first-order valence-corrected chi connectivity index (χ1v) is 11.5. The number of hydrogen-bond acceptors (Lipinski definition) is 4. The van der Waals surface area contributed by atoms with Gasteiger partial charge < -0.3 is 15.5 Å². The van der Waals surface area contributed by atoms with Crippen LogP contribution in [0.4, 0.5) is 5.69 Å². The van der Waals surface area contributed by atoms with Crippen molar-refractivity contribution >= 4 is 17.5 Å². The summed E-state index contributed by atoms with van der Waals surface area (Å²) in [6.07, 6.45) is 3.78. The number of piperazine rings is 1. The van der Waals surface area contributed by atoms with Crippen LogP contribution in [0.2, 0.25) is 0 Å². The van der Waals surface area contributed by atoms with Crippen LogP contribution in [0.3, 0.4) is 0 Å². The van der Waals surface area contributed by atoms with E-state index in [4.69, 9.17) is 0 Å². The summed E-state index contributed by atoms with van der Waals surface area (Å²) in [4.78, 5) is 31.0. The number of amides is 2. The van der Waals surface area contributed by atoms with Crippen molar-refractivity contribution < 1.29 is 9.59 Å². The molecule has 2 heterocycles. The normalized spacial score (nSPS) is 35.9. The molecule has 2 bridgehead atoms. The maximum absolute atomic E-state index is 13.6. The van der Waals surface area contributed by atoms with Crippen LogP contribution >= 0.6 is 0 Å². The zero-order chi connectivity index (χ0) is 21.1. The zero-order valence-corrected chi connectivity index (χ0v) is 18.4. The van der Waals surface area contributed by atoms with Gasteiger partial charge in [-0.25, -0.2) is 0 Å². The van der Waals surface area contributed by atoms with Crippen LogP contribution in [0.15, 0.2) is 24.3 Å². The molecule has 0 radical (unpaired) electrons. The van der Waals surface area contributed by atoms with Crippen molar-refractivity contribution in [2.45, 2.75) is 58.2 Å². The highest BCUT2D eigenvalue weighted by Gasteiger charge is 2.60. The van der Waals surface area contributed by atoms with Gasteiger partial charge in [0.25, 0.3) is 5.91 Å². The van der Waals surface area contributed by atoms with E-state index in [1.807, 2.05) is 24.3 Å². The molecule has 6 heteroatoms. The van der Waals surface area contributed by atoms with Crippen LogP contribution in [-0.2, 0) is 4.79 Å². The number of nitrogens with one attached hydrogen (secondary N) is 2. The highest BCUT2D eigenvalue weighted by atomic mass is 16.2. The fraction of sp³-hybridized carbons (Fsp3) is 0.667. The summed E-state index contributed by atoms with van der Waals surface area (Å²) in [5.74, 6) is 0.682. The van der Waals surface area contributed by atoms with Crippen molar-refractivity contribution in [2.75, 3.05) is 31.5 Å². The van der Waals surface area contributed by atoms with Gasteiger partial charge in [0, 0.05) is 49.7 Å². The Morgan fingerprint density at radius 2 is 1.87 bits per heavy atom. The van der Waals surface area contributed by atoms with Gasteiger partial charge >= 0.3 is 0 Å². The van der Waals surface area contributed by atoms with Gasteiger partial charge in [0.1, 0.15) is 5.66 Å². The molecule has 30 heavy (non-hydrogen) atoms. The molecule has 6 rings (SSSR count). The predicted molar refractivity (Wildman–Crippen MR) is 117 cm³/mol. The highest BCUT2D eigenvalue weighted by molar-refractivity contribution is 6.02. The Morgan fingerprint density at radius 1 is 1.13 bits per heavy atom. The molecule has 4 fully saturated rings. The monoisotopic (exact) mass is 410 g/mol. The topological polar surface area (TPSA) is 64.7 Å². The SMILES string of the molecule is CC(C)N1CCN(C(=O)C2CC3CCC2(C)C[C@]32NC(=O)c3ccccc3N2)CC1. The second-order valence-corrected chi connectivity index (χ2v) is 10.4. The fourth-order valence-corrected chi connectivity index (χ4v) is 6.51. The lowest BCUT2D eigenvalue weighted by atomic mass is 9.51. The molecule has 162 valence electrons. The third-order valence-electron chi connectivity index (χ3n) is 8.33. The van der Waals surface area contributed by atoms with Gasteiger partial charge in [0.05, 0.1) is 5.56 Å². The molecule has 6 nitrogen and oxygen atoms in total. The van der Waals surface area contributed by atoms with Gasteiger partial charge in [-0.05, 0) is 57.1 Å². The molecular weight excluding hydrogens is 376 g/mol. The van der Waals surface area contributed by atoms with Gasteiger partial charge in [-0.1, -0.05) is 19.1 Å². The molecule has 2 aliphatic heterocycles. The Hall–Kier alpha value is -2.08. The minimum atomic E-state index is -0.425. The number of carbonyl (C=O) groups is 2. The zero-order valence-electron chi connectivity index (χ0n) is 18.4. The van der Waals surface area contributed by atoms with Gasteiger partial charge in [0.2, 0.25) is 5.91 Å². The summed E-state index contributed by atoms with van der Waals surface area (Å²) in [6.45, 7) is 10.3. The van der Waals surface area contributed by atoms with Crippen molar-refractivity contribution in [3.8, 4) is 0 Å². The predicted octanol–water partition coefficient (Wildman–Crippen LogP) is 2.92. The molecular formula is C24H34N4O2. The van der Waals surface area contributed by atoms with E-state index in [1.165, 1.54) is 0 Å². The van der Waals surface area contributed by atoms with E-state index >= 15 is 0 Å². The average Bonchev–Trinajstić information content (AvgIpc) is 2.73. The molecule has 1 aromatic rings. The number of benzene rings is 1. The summed E-state index contributed by atoms with van der Waals surface area (Å²) in [6, 6.07) is 8.28. The Labute approximate surface area is 179 Å². The van der Waals surface area contributed by atoms with E-state index in [-0.39, 0.29) is 23.2 Å². The fourth-order valence-electron chi connectivity index (χ4n) is 6.51. The summed E-state index contributed by atoms with van der Waals surface area (Å²) < 4.78 is 0. The first-order chi connectivity index (χ1) is 14.3. The molecule has 3 saturated carbocycles. The van der Waals surface area contributed by atoms with Crippen molar-refractivity contribution in [3.05, 3.63) is 29.8 Å². The van der Waals surface area contributed by atoms with Crippen LogP contribution in [0.25, 0.3) is 0 Å². The first-order valence-electron chi connectivity index (χ1n) is 11.5. The molecule has 5 aliphatic rings. The molecule has 2 amide bonds. The molecule has 1 aromatic carbocycles. The van der Waals surface area contributed by atoms with Crippen LogP contribution in [0, 0.1) is 17.3 Å². The molecule has 2 N–H and O–H groups in total. The Kier molecular flexibility index (Phi) is 4.62. The maximum Gasteiger partial charge on any atom is 0.255 e. The molecule has 3 aliphatic carbocycles. The smallest absolute Gasteiger partial charge is 0.255 e. The number of carbonyl (C=O) groups excluding carboxylic acids is 2. The number of hydrogen-bond donors (Lipinski definition) is 2. The van der Waals surface area contributed by atoms with E-state index in [0.29, 0.717) is 17.5 Å². The van der Waals surface area contributed by atoms with E-state index in [2.05, 4.69) is 41.2 Å². The number of para-hydroxylation sites is 1.